The molecule has 6 nitrogen and oxygen atoms in total. The van der Waals surface area contributed by atoms with Gasteiger partial charge in [0.2, 0.25) is 0 Å². The molecule has 1 aromatic heterocycles. The quantitative estimate of drug-likeness (QED) is 0.386. The van der Waals surface area contributed by atoms with Crippen molar-refractivity contribution < 1.29 is 9.53 Å². The maximum Gasteiger partial charge on any atom is 0.409 e. The van der Waals surface area contributed by atoms with Crippen LogP contribution in [0.4, 0.5) is 10.6 Å². The van der Waals surface area contributed by atoms with Crippen LogP contribution in [0.15, 0.2) is 30.3 Å². The minimum atomic E-state index is -0.296. The van der Waals surface area contributed by atoms with Crippen LogP contribution in [0.3, 0.4) is 0 Å². The van der Waals surface area contributed by atoms with Crippen LogP contribution < -0.4 is 4.90 Å². The third-order valence-corrected chi connectivity index (χ3v) is 5.36. The first-order valence-corrected chi connectivity index (χ1v) is 12.9. The van der Waals surface area contributed by atoms with E-state index in [1.54, 1.807) is 11.9 Å². The Morgan fingerprint density at radius 2 is 1.65 bits per heavy atom. The predicted octanol–water partition coefficient (Wildman–Crippen LogP) is 6.30. The smallest absolute Gasteiger partial charge is 0.409 e. The highest BCUT2D eigenvalue weighted by molar-refractivity contribution is 5.67. The van der Waals surface area contributed by atoms with Crippen LogP contribution in [-0.2, 0) is 24.0 Å². The van der Waals surface area contributed by atoms with E-state index < -0.39 is 0 Å². The van der Waals surface area contributed by atoms with Crippen molar-refractivity contribution in [2.75, 3.05) is 25.0 Å². The molecule has 0 saturated carbocycles. The molecular formula is C28H46N4O2. The average Bonchev–Trinajstić information content (AvgIpc) is 2.82. The molecule has 0 atom stereocenters. The van der Waals surface area contributed by atoms with Gasteiger partial charge < -0.3 is 14.5 Å². The molecule has 0 aliphatic heterocycles. The molecule has 1 aromatic carbocycles. The van der Waals surface area contributed by atoms with Gasteiger partial charge in [0.15, 0.2) is 0 Å². The normalized spacial score (nSPS) is 10.7. The highest BCUT2D eigenvalue weighted by Crippen LogP contribution is 2.26. The summed E-state index contributed by atoms with van der Waals surface area (Å²) in [5.41, 5.74) is 3.40. The van der Waals surface area contributed by atoms with E-state index in [0.29, 0.717) is 25.4 Å². The topological polar surface area (TPSA) is 58.6 Å². The first-order chi connectivity index (χ1) is 16.3. The maximum absolute atomic E-state index is 12.3. The lowest BCUT2D eigenvalue weighted by Crippen LogP contribution is -2.35. The number of ether oxygens (including phenoxy) is 1. The number of hydrogen-bond donors (Lipinski definition) is 0. The van der Waals surface area contributed by atoms with E-state index in [1.807, 2.05) is 33.8 Å². The number of aromatic nitrogens is 2. The van der Waals surface area contributed by atoms with E-state index in [9.17, 15) is 4.79 Å². The molecule has 2 aromatic rings. The highest BCUT2D eigenvalue weighted by Gasteiger charge is 2.22. The lowest BCUT2D eigenvalue weighted by atomic mass is 10.1. The van der Waals surface area contributed by atoms with E-state index >= 15 is 0 Å². The molecule has 0 fully saturated rings. The molecule has 0 spiro atoms. The maximum atomic E-state index is 12.3. The summed E-state index contributed by atoms with van der Waals surface area (Å²) in [5, 5.41) is 0. The van der Waals surface area contributed by atoms with E-state index in [4.69, 9.17) is 14.7 Å². The van der Waals surface area contributed by atoms with Gasteiger partial charge in [-0.25, -0.2) is 14.8 Å². The van der Waals surface area contributed by atoms with Gasteiger partial charge in [-0.2, -0.15) is 0 Å². The standard InChI is InChI=1S/C26H40N4O2.C2H6/c1-8-16-30(19(3)4)25-22(15-17-29(7)26(31)32-20(5)6)23(9-2)27-24(28-25)18-21-13-11-10-12-14-21;1-2/h10-14,19-20H,8-9,15-18H2,1-7H3;1-2H3. The second kappa shape index (κ2) is 15.3. The van der Waals surface area contributed by atoms with Gasteiger partial charge in [-0.05, 0) is 52.5 Å². The van der Waals surface area contributed by atoms with Crippen molar-refractivity contribution in [1.29, 1.82) is 0 Å². The van der Waals surface area contributed by atoms with Crippen molar-refractivity contribution in [2.45, 2.75) is 93.2 Å². The van der Waals surface area contributed by atoms with Crippen molar-refractivity contribution >= 4 is 11.9 Å². The molecule has 34 heavy (non-hydrogen) atoms. The first kappa shape index (κ1) is 29.4. The van der Waals surface area contributed by atoms with Crippen molar-refractivity contribution in [3.63, 3.8) is 0 Å². The molecule has 0 unspecified atom stereocenters. The summed E-state index contributed by atoms with van der Waals surface area (Å²) >= 11 is 0. The SMILES string of the molecule is CC.CCCN(c1nc(Cc2ccccc2)nc(CC)c1CCN(C)C(=O)OC(C)C)C(C)C. The fourth-order valence-electron chi connectivity index (χ4n) is 3.72. The third kappa shape index (κ3) is 8.96. The van der Waals surface area contributed by atoms with Crippen molar-refractivity contribution in [2.24, 2.45) is 0 Å². The third-order valence-electron chi connectivity index (χ3n) is 5.36. The molecule has 0 N–H and O–H groups in total. The molecule has 0 aliphatic rings. The zero-order valence-electron chi connectivity index (χ0n) is 22.9. The lowest BCUT2D eigenvalue weighted by Gasteiger charge is -2.31. The number of amides is 1. The molecule has 1 amide bonds. The number of aryl methyl sites for hydroxylation is 1. The number of carbonyl (C=O) groups is 1. The van der Waals surface area contributed by atoms with E-state index in [0.717, 1.165) is 42.3 Å². The molecule has 0 radical (unpaired) electrons. The van der Waals surface area contributed by atoms with E-state index in [-0.39, 0.29) is 12.2 Å². The number of likely N-dealkylation sites (N-methyl/N-ethyl adjacent to an activating group) is 1. The Kier molecular flexibility index (Phi) is 13.2. The lowest BCUT2D eigenvalue weighted by molar-refractivity contribution is 0.0843. The summed E-state index contributed by atoms with van der Waals surface area (Å²) in [6.45, 7) is 18.0. The molecule has 190 valence electrons. The van der Waals surface area contributed by atoms with Crippen LogP contribution in [0.5, 0.6) is 0 Å². The van der Waals surface area contributed by atoms with Gasteiger partial charge >= 0.3 is 6.09 Å². The molecule has 0 saturated heterocycles. The van der Waals surface area contributed by atoms with Crippen LogP contribution in [0, 0.1) is 0 Å². The zero-order valence-corrected chi connectivity index (χ0v) is 22.9. The van der Waals surface area contributed by atoms with Gasteiger partial charge in [-0.3, -0.25) is 0 Å². The van der Waals surface area contributed by atoms with Gasteiger partial charge in [0.05, 0.1) is 6.10 Å². The summed E-state index contributed by atoms with van der Waals surface area (Å²) in [5.74, 6) is 1.85. The van der Waals surface area contributed by atoms with Crippen molar-refractivity contribution in [3.8, 4) is 0 Å². The Balaban J connectivity index is 0.00000281. The predicted molar refractivity (Wildman–Crippen MR) is 143 cm³/mol. The van der Waals surface area contributed by atoms with Crippen LogP contribution in [0.25, 0.3) is 0 Å². The molecule has 6 heteroatoms. The summed E-state index contributed by atoms with van der Waals surface area (Å²) < 4.78 is 5.34. The van der Waals surface area contributed by atoms with Crippen LogP contribution in [0.1, 0.15) is 84.5 Å². The van der Waals surface area contributed by atoms with Gasteiger partial charge in [0, 0.05) is 43.9 Å². The summed E-state index contributed by atoms with van der Waals surface area (Å²) in [6, 6.07) is 10.7. The van der Waals surface area contributed by atoms with E-state index in [1.165, 1.54) is 5.56 Å². The fraction of sp³-hybridized carbons (Fsp3) is 0.607. The largest absolute Gasteiger partial charge is 0.447 e. The van der Waals surface area contributed by atoms with Gasteiger partial charge in [-0.15, -0.1) is 0 Å². The number of carbonyl (C=O) groups excluding carboxylic acids is 1. The number of hydrogen-bond acceptors (Lipinski definition) is 5. The zero-order chi connectivity index (χ0) is 25.7. The van der Waals surface area contributed by atoms with Gasteiger partial charge in [0.1, 0.15) is 11.6 Å². The Bertz CT molecular complexity index is 853. The monoisotopic (exact) mass is 470 g/mol. The number of rotatable bonds is 11. The summed E-state index contributed by atoms with van der Waals surface area (Å²) in [7, 11) is 1.78. The number of benzene rings is 1. The minimum absolute atomic E-state index is 0.131. The van der Waals surface area contributed by atoms with Gasteiger partial charge in [0.25, 0.3) is 0 Å². The van der Waals surface area contributed by atoms with Gasteiger partial charge in [-0.1, -0.05) is 58.0 Å². The molecular weight excluding hydrogens is 424 g/mol. The highest BCUT2D eigenvalue weighted by atomic mass is 16.6. The van der Waals surface area contributed by atoms with Crippen LogP contribution in [-0.4, -0.2) is 53.2 Å². The Hall–Kier alpha value is -2.63. The summed E-state index contributed by atoms with van der Waals surface area (Å²) in [4.78, 5) is 26.3. The first-order valence-electron chi connectivity index (χ1n) is 12.9. The Labute approximate surface area is 207 Å². The molecule has 1 heterocycles. The second-order valence-corrected chi connectivity index (χ2v) is 8.80. The van der Waals surface area contributed by atoms with Crippen LogP contribution in [0.2, 0.25) is 0 Å². The number of nitrogens with zero attached hydrogens (tertiary/aromatic N) is 4. The molecule has 2 rings (SSSR count). The fourth-order valence-corrected chi connectivity index (χ4v) is 3.72. The van der Waals surface area contributed by atoms with Crippen LogP contribution >= 0.6 is 0 Å². The number of anilines is 1. The Morgan fingerprint density at radius 1 is 1.00 bits per heavy atom. The van der Waals surface area contributed by atoms with Crippen molar-refractivity contribution in [3.05, 3.63) is 53.0 Å². The minimum Gasteiger partial charge on any atom is -0.447 e. The molecule has 0 bridgehead atoms. The second-order valence-electron chi connectivity index (χ2n) is 8.80. The average molecular weight is 471 g/mol. The van der Waals surface area contributed by atoms with E-state index in [2.05, 4.69) is 56.9 Å². The molecule has 0 aliphatic carbocycles. The van der Waals surface area contributed by atoms with Crippen molar-refractivity contribution in [1.82, 2.24) is 14.9 Å². The Morgan fingerprint density at radius 3 is 2.18 bits per heavy atom. The summed E-state index contributed by atoms with van der Waals surface area (Å²) in [6.07, 6.45) is 2.84.